The maximum atomic E-state index is 12.9. The van der Waals surface area contributed by atoms with Crippen LogP contribution in [0.25, 0.3) is 10.8 Å². The molecule has 2 aromatic rings. The van der Waals surface area contributed by atoms with Crippen LogP contribution in [0.1, 0.15) is 44.0 Å². The van der Waals surface area contributed by atoms with Crippen LogP contribution in [0.15, 0.2) is 42.5 Å². The van der Waals surface area contributed by atoms with Gasteiger partial charge >= 0.3 is 5.97 Å². The average Bonchev–Trinajstić information content (AvgIpc) is 3.01. The Balaban J connectivity index is 1.80. The Morgan fingerprint density at radius 1 is 1.08 bits per heavy atom. The molecule has 3 rings (SSSR count). The smallest absolute Gasteiger partial charge is 0.330 e. The summed E-state index contributed by atoms with van der Waals surface area (Å²) >= 11 is 0. The lowest BCUT2D eigenvalue weighted by Crippen LogP contribution is -2.40. The van der Waals surface area contributed by atoms with Crippen molar-refractivity contribution in [3.8, 4) is 0 Å². The summed E-state index contributed by atoms with van der Waals surface area (Å²) in [5.41, 5.74) is 0.0801. The summed E-state index contributed by atoms with van der Waals surface area (Å²) in [6.07, 6.45) is 1.56. The fourth-order valence-corrected chi connectivity index (χ4v) is 2.89. The van der Waals surface area contributed by atoms with Gasteiger partial charge in [-0.25, -0.2) is 4.79 Å². The van der Waals surface area contributed by atoms with E-state index in [1.165, 1.54) is 0 Å². The van der Waals surface area contributed by atoms with Crippen LogP contribution in [0.2, 0.25) is 0 Å². The van der Waals surface area contributed by atoms with Crippen LogP contribution >= 0.6 is 0 Å². The molecule has 126 valence electrons. The van der Waals surface area contributed by atoms with Crippen molar-refractivity contribution in [2.24, 2.45) is 5.41 Å². The molecule has 1 aliphatic rings. The summed E-state index contributed by atoms with van der Waals surface area (Å²) in [5.74, 6) is -0.291. The summed E-state index contributed by atoms with van der Waals surface area (Å²) in [4.78, 5) is 30.5. The van der Waals surface area contributed by atoms with Gasteiger partial charge in [-0.05, 0) is 50.5 Å². The Bertz CT molecular complexity index is 776. The van der Waals surface area contributed by atoms with Crippen LogP contribution in [-0.2, 0) is 9.63 Å². The zero-order chi connectivity index (χ0) is 17.3. The number of fused-ring (bicyclic) bond motifs is 1. The Labute approximate surface area is 142 Å². The van der Waals surface area contributed by atoms with Gasteiger partial charge in [-0.15, -0.1) is 5.06 Å². The molecule has 2 aromatic carbocycles. The van der Waals surface area contributed by atoms with Crippen molar-refractivity contribution in [3.05, 3.63) is 48.0 Å². The number of carbonyl (C=O) groups excluding carboxylic acids is 2. The van der Waals surface area contributed by atoms with Crippen LogP contribution in [0.5, 0.6) is 0 Å². The summed E-state index contributed by atoms with van der Waals surface area (Å²) in [5, 5.41) is 3.71. The number of hydrogen-bond acceptors (Lipinski definition) is 4. The van der Waals surface area contributed by atoms with Gasteiger partial charge in [0.05, 0.1) is 5.41 Å². The summed E-state index contributed by atoms with van der Waals surface area (Å²) in [7, 11) is 0. The SMILES string of the molecule is CC(C)(C)C(=O)ON1CCC[C@@H]1C(=O)c1ccc2ccccc2c1. The summed E-state index contributed by atoms with van der Waals surface area (Å²) < 4.78 is 0. The molecule has 0 unspecified atom stereocenters. The summed E-state index contributed by atoms with van der Waals surface area (Å²) in [6, 6.07) is 13.3. The standard InChI is InChI=1S/C20H23NO3/c1-20(2,3)19(23)24-21-12-6-9-17(21)18(22)16-11-10-14-7-4-5-8-15(14)13-16/h4-5,7-8,10-11,13,17H,6,9,12H2,1-3H3/t17-/m1/s1. The van der Waals surface area contributed by atoms with Crippen molar-refractivity contribution in [1.29, 1.82) is 0 Å². The first-order chi connectivity index (χ1) is 11.4. The lowest BCUT2D eigenvalue weighted by atomic mass is 9.97. The molecule has 0 amide bonds. The minimum Gasteiger partial charge on any atom is -0.367 e. The van der Waals surface area contributed by atoms with E-state index in [1.54, 1.807) is 5.06 Å². The van der Waals surface area contributed by atoms with E-state index in [1.807, 2.05) is 63.2 Å². The lowest BCUT2D eigenvalue weighted by Gasteiger charge is -2.26. The normalized spacial score (nSPS) is 18.7. The second-order valence-electron chi connectivity index (χ2n) is 7.35. The first-order valence-corrected chi connectivity index (χ1v) is 8.38. The first-order valence-electron chi connectivity index (χ1n) is 8.38. The van der Waals surface area contributed by atoms with Crippen molar-refractivity contribution in [1.82, 2.24) is 5.06 Å². The van der Waals surface area contributed by atoms with Crippen molar-refractivity contribution in [2.75, 3.05) is 6.54 Å². The minimum absolute atomic E-state index is 0.0139. The van der Waals surface area contributed by atoms with Crippen molar-refractivity contribution in [2.45, 2.75) is 39.7 Å². The molecule has 0 aliphatic carbocycles. The molecule has 0 saturated carbocycles. The number of rotatable bonds is 3. The molecule has 0 spiro atoms. The van der Waals surface area contributed by atoms with Gasteiger partial charge in [-0.3, -0.25) is 4.79 Å². The Kier molecular flexibility index (Phi) is 4.41. The molecule has 0 bridgehead atoms. The van der Waals surface area contributed by atoms with Crippen molar-refractivity contribution >= 4 is 22.5 Å². The van der Waals surface area contributed by atoms with Crippen molar-refractivity contribution in [3.63, 3.8) is 0 Å². The zero-order valence-electron chi connectivity index (χ0n) is 14.4. The molecule has 1 saturated heterocycles. The largest absolute Gasteiger partial charge is 0.367 e. The van der Waals surface area contributed by atoms with Gasteiger partial charge in [0, 0.05) is 12.1 Å². The van der Waals surface area contributed by atoms with Gasteiger partial charge in [-0.2, -0.15) is 0 Å². The zero-order valence-corrected chi connectivity index (χ0v) is 14.4. The molecule has 0 radical (unpaired) electrons. The third-order valence-corrected chi connectivity index (χ3v) is 4.35. The van der Waals surface area contributed by atoms with Crippen LogP contribution in [0.3, 0.4) is 0 Å². The van der Waals surface area contributed by atoms with E-state index >= 15 is 0 Å². The Hall–Kier alpha value is -2.20. The summed E-state index contributed by atoms with van der Waals surface area (Å²) in [6.45, 7) is 6.04. The van der Waals surface area contributed by atoms with Gasteiger partial charge in [0.2, 0.25) is 0 Å². The molecular weight excluding hydrogens is 302 g/mol. The van der Waals surface area contributed by atoms with Crippen molar-refractivity contribution < 1.29 is 14.4 Å². The predicted octanol–water partition coefficient (Wildman–Crippen LogP) is 3.99. The highest BCUT2D eigenvalue weighted by Crippen LogP contribution is 2.26. The van der Waals surface area contributed by atoms with Crippen LogP contribution in [0.4, 0.5) is 0 Å². The number of carbonyl (C=O) groups is 2. The van der Waals surface area contributed by atoms with E-state index in [0.717, 1.165) is 17.2 Å². The second-order valence-corrected chi connectivity index (χ2v) is 7.35. The Morgan fingerprint density at radius 3 is 2.50 bits per heavy atom. The van der Waals surface area contributed by atoms with E-state index in [9.17, 15) is 9.59 Å². The van der Waals surface area contributed by atoms with E-state index in [4.69, 9.17) is 4.84 Å². The first kappa shape index (κ1) is 16.7. The average molecular weight is 325 g/mol. The molecule has 24 heavy (non-hydrogen) atoms. The number of Topliss-reactive ketones (excluding diaryl/α,β-unsaturated/α-hetero) is 1. The molecule has 4 nitrogen and oxygen atoms in total. The maximum absolute atomic E-state index is 12.9. The van der Waals surface area contributed by atoms with Crippen LogP contribution < -0.4 is 0 Å². The number of nitrogens with zero attached hydrogens (tertiary/aromatic N) is 1. The van der Waals surface area contributed by atoms with Crippen LogP contribution in [0, 0.1) is 5.41 Å². The third-order valence-electron chi connectivity index (χ3n) is 4.35. The van der Waals surface area contributed by atoms with Gasteiger partial charge in [0.15, 0.2) is 5.78 Å². The van der Waals surface area contributed by atoms with Gasteiger partial charge in [-0.1, -0.05) is 36.4 Å². The number of hydroxylamine groups is 2. The molecule has 1 fully saturated rings. The van der Waals surface area contributed by atoms with E-state index in [2.05, 4.69) is 0 Å². The topological polar surface area (TPSA) is 46.6 Å². The minimum atomic E-state index is -0.584. The van der Waals surface area contributed by atoms with Gasteiger partial charge in [0.1, 0.15) is 6.04 Å². The van der Waals surface area contributed by atoms with Gasteiger partial charge < -0.3 is 4.84 Å². The molecule has 4 heteroatoms. The molecule has 1 atom stereocenters. The third kappa shape index (κ3) is 3.34. The molecular formula is C20H23NO3. The second kappa shape index (κ2) is 6.36. The monoisotopic (exact) mass is 325 g/mol. The van der Waals surface area contributed by atoms with E-state index in [0.29, 0.717) is 18.5 Å². The fraction of sp³-hybridized carbons (Fsp3) is 0.400. The van der Waals surface area contributed by atoms with Gasteiger partial charge in [0.25, 0.3) is 0 Å². The highest BCUT2D eigenvalue weighted by Gasteiger charge is 2.36. The maximum Gasteiger partial charge on any atom is 0.330 e. The highest BCUT2D eigenvalue weighted by molar-refractivity contribution is 6.03. The quantitative estimate of drug-likeness (QED) is 0.801. The number of hydrogen-bond donors (Lipinski definition) is 0. The Morgan fingerprint density at radius 2 is 1.79 bits per heavy atom. The number of benzene rings is 2. The fourth-order valence-electron chi connectivity index (χ4n) is 2.89. The molecule has 1 aliphatic heterocycles. The molecule has 0 N–H and O–H groups in total. The molecule has 0 aromatic heterocycles. The van der Waals surface area contributed by atoms with Crippen LogP contribution in [-0.4, -0.2) is 29.4 Å². The molecule has 1 heterocycles. The highest BCUT2D eigenvalue weighted by atomic mass is 16.7. The predicted molar refractivity (Wildman–Crippen MR) is 93.6 cm³/mol. The van der Waals surface area contributed by atoms with E-state index in [-0.39, 0.29) is 11.8 Å². The lowest BCUT2D eigenvalue weighted by molar-refractivity contribution is -0.200. The van der Waals surface area contributed by atoms with E-state index < -0.39 is 11.5 Å². The number of ketones is 1.